The smallest absolute Gasteiger partial charge is 0.410 e. The number of nitrogens with one attached hydrogen (secondary N) is 1. The first-order valence-corrected chi connectivity index (χ1v) is 41.3. The Hall–Kier alpha value is -6.38. The largest absolute Gasteiger partial charge is 0.444 e. The highest BCUT2D eigenvalue weighted by atomic mass is 79.9. The standard InChI is InChI=1S/C21H28BrN3O3.C21H28BrN3O2.C11H12BrNO2.C11H13BrO.C10H17NO3.C6H15O3P/c1-5-7-16-18(14-9-11-15(22)12-10-14)23-19(25(16)27)17-8-6-13-24(17)20(26)28-21(2,3)4;1-5-7-16-18(14-9-11-15(22)12-10-14)24-19(23-16)17-8-6-13-25(17)20(26)27-21(2,3)4;1-2-3-10(13-15)11(14)8-4-6-9(12)7-5-8;1-2-3-4-11(13)9-5-7-10(12)8-6-9;1-10(2,3)14-9(13)11-6-4-5-8(11)7-12;1-4-7-10(8-5-2)9-6-3/h9-12,17,27H,5-8,13H2,1-4H3;9-12,17H,5-8,13H2,1-4H3,(H,23,24);4-7,15H,2-3H2,1H3;5-8H,2-4H2,1H3;7-8H,4-6H2,1-3H3;4-6H2,1-3H3/b;;13-10+;;;/t2*17-;;;8-;/m00..0./s1. The molecule has 5 heterocycles. The van der Waals surface area contributed by atoms with Gasteiger partial charge in [-0.1, -0.05) is 159 Å². The van der Waals surface area contributed by atoms with Crippen molar-refractivity contribution in [3.63, 3.8) is 0 Å². The number of halogens is 4. The minimum absolute atomic E-state index is 0.0559. The molecule has 2 aromatic heterocycles. The predicted octanol–water partition coefficient (Wildman–Crippen LogP) is 22.4. The number of imidazole rings is 2. The van der Waals surface area contributed by atoms with Crippen LogP contribution < -0.4 is 0 Å². The van der Waals surface area contributed by atoms with Crippen molar-refractivity contribution in [1.29, 1.82) is 0 Å². The second kappa shape index (κ2) is 47.0. The van der Waals surface area contributed by atoms with E-state index in [2.05, 4.69) is 107 Å². The maximum Gasteiger partial charge on any atom is 0.410 e. The van der Waals surface area contributed by atoms with Crippen molar-refractivity contribution in [1.82, 2.24) is 34.4 Å². The minimum Gasteiger partial charge on any atom is -0.444 e. The fourth-order valence-corrected chi connectivity index (χ4v) is 13.2. The number of aldehydes is 1. The third-order valence-corrected chi connectivity index (χ3v) is 19.6. The van der Waals surface area contributed by atoms with E-state index in [4.69, 9.17) is 43.0 Å². The van der Waals surface area contributed by atoms with Gasteiger partial charge in [-0.05, 0) is 208 Å². The summed E-state index contributed by atoms with van der Waals surface area (Å²) in [4.78, 5) is 89.0. The summed E-state index contributed by atoms with van der Waals surface area (Å²) < 4.78 is 36.9. The van der Waals surface area contributed by atoms with Gasteiger partial charge in [-0.2, -0.15) is 4.73 Å². The van der Waals surface area contributed by atoms with Gasteiger partial charge in [0.25, 0.3) is 0 Å². The molecule has 590 valence electrons. The van der Waals surface area contributed by atoms with Crippen LogP contribution in [-0.4, -0.2) is 149 Å². The number of rotatable bonds is 23. The van der Waals surface area contributed by atoms with Crippen molar-refractivity contribution in [2.24, 2.45) is 5.16 Å². The van der Waals surface area contributed by atoms with Crippen LogP contribution >= 0.6 is 72.3 Å². The molecule has 0 saturated carbocycles. The Bertz CT molecular complexity index is 3710. The molecular weight excluding hydrogens is 1650 g/mol. The van der Waals surface area contributed by atoms with Crippen molar-refractivity contribution in [3.05, 3.63) is 149 Å². The monoisotopic (exact) mass is 1760 g/mol. The maximum absolute atomic E-state index is 12.7. The third-order valence-electron chi connectivity index (χ3n) is 16.1. The fraction of sp³-hybridized carbons (Fsp3) is 0.537. The van der Waals surface area contributed by atoms with E-state index in [1.807, 2.05) is 156 Å². The first-order chi connectivity index (χ1) is 50.7. The fourth-order valence-electron chi connectivity index (χ4n) is 11.3. The number of carbonyl (C=O) groups excluding carboxylic acids is 6. The Morgan fingerprint density at radius 3 is 1.39 bits per heavy atom. The van der Waals surface area contributed by atoms with Crippen LogP contribution in [0.15, 0.2) is 120 Å². The van der Waals surface area contributed by atoms with Crippen molar-refractivity contribution < 1.29 is 67.0 Å². The van der Waals surface area contributed by atoms with E-state index in [0.29, 0.717) is 70.1 Å². The van der Waals surface area contributed by atoms with Gasteiger partial charge in [-0.15, -0.1) is 0 Å². The zero-order valence-corrected chi connectivity index (χ0v) is 72.5. The number of likely N-dealkylation sites (tertiary alicyclic amines) is 3. The molecule has 0 aliphatic carbocycles. The number of carbonyl (C=O) groups is 6. The highest BCUT2D eigenvalue weighted by Crippen LogP contribution is 2.40. The number of aromatic amines is 1. The number of amides is 3. The van der Waals surface area contributed by atoms with Crippen LogP contribution in [0, 0.1) is 0 Å². The van der Waals surface area contributed by atoms with Crippen LogP contribution in [0.1, 0.15) is 250 Å². The number of oxime groups is 1. The molecule has 9 rings (SSSR count). The van der Waals surface area contributed by atoms with Crippen LogP contribution in [0.5, 0.6) is 0 Å². The van der Waals surface area contributed by atoms with E-state index in [1.54, 1.807) is 29.2 Å². The summed E-state index contributed by atoms with van der Waals surface area (Å²) in [6.45, 7) is 34.6. The normalized spacial score (nSPS) is 15.6. The summed E-state index contributed by atoms with van der Waals surface area (Å²) in [5.41, 5.74) is 5.70. The molecule has 22 nitrogen and oxygen atoms in total. The summed E-state index contributed by atoms with van der Waals surface area (Å²) in [7, 11) is -1.06. The molecule has 0 unspecified atom stereocenters. The maximum atomic E-state index is 12.7. The second-order valence-corrected chi connectivity index (χ2v) is 33.3. The Labute approximate surface area is 669 Å². The summed E-state index contributed by atoms with van der Waals surface area (Å²) in [5, 5.41) is 22.6. The van der Waals surface area contributed by atoms with E-state index in [9.17, 15) is 34.0 Å². The number of H-pyrrole nitrogens is 1. The molecule has 4 aromatic carbocycles. The molecule has 3 aliphatic heterocycles. The molecule has 3 amide bonds. The van der Waals surface area contributed by atoms with Gasteiger partial charge in [0, 0.05) is 71.9 Å². The number of nitrogens with zero attached hydrogens (tertiary/aromatic N) is 7. The van der Waals surface area contributed by atoms with Gasteiger partial charge in [0.05, 0.1) is 55.0 Å². The number of benzene rings is 4. The van der Waals surface area contributed by atoms with E-state index in [1.165, 1.54) is 9.63 Å². The number of unbranched alkanes of at least 4 members (excludes halogenated alkanes) is 1. The van der Waals surface area contributed by atoms with Crippen molar-refractivity contribution >= 4 is 114 Å². The average Bonchev–Trinajstić information content (AvgIpc) is 1.63. The molecule has 27 heteroatoms. The van der Waals surface area contributed by atoms with Gasteiger partial charge >= 0.3 is 26.9 Å². The number of aryl methyl sites for hydroxylation is 1. The van der Waals surface area contributed by atoms with Gasteiger partial charge in [0.1, 0.15) is 34.6 Å². The molecule has 6 aromatic rings. The lowest BCUT2D eigenvalue weighted by Gasteiger charge is -2.28. The Morgan fingerprint density at radius 1 is 0.542 bits per heavy atom. The molecule has 0 bridgehead atoms. The summed E-state index contributed by atoms with van der Waals surface area (Å²) in [6.07, 6.45) is 12.4. The molecule has 0 spiro atoms. The summed E-state index contributed by atoms with van der Waals surface area (Å²) in [5.74, 6) is 1.39. The van der Waals surface area contributed by atoms with E-state index in [-0.39, 0.29) is 53.7 Å². The highest BCUT2D eigenvalue weighted by molar-refractivity contribution is 9.11. The molecular formula is C80H113Br4N8O14P. The van der Waals surface area contributed by atoms with E-state index >= 15 is 0 Å². The van der Waals surface area contributed by atoms with Gasteiger partial charge in [0.15, 0.2) is 11.6 Å². The van der Waals surface area contributed by atoms with Crippen LogP contribution in [0.3, 0.4) is 0 Å². The molecule has 3 atom stereocenters. The Kier molecular flexibility index (Phi) is 40.8. The lowest BCUT2D eigenvalue weighted by Crippen LogP contribution is -2.40. The van der Waals surface area contributed by atoms with Crippen LogP contribution in [0.25, 0.3) is 22.5 Å². The number of ether oxygens (including phenoxy) is 3. The van der Waals surface area contributed by atoms with Crippen molar-refractivity contribution in [2.45, 2.75) is 242 Å². The number of hydrogen-bond acceptors (Lipinski definition) is 17. The molecule has 107 heavy (non-hydrogen) atoms. The number of Topliss-reactive ketones (excluding diaryl/α,β-unsaturated/α-hetero) is 2. The lowest BCUT2D eigenvalue weighted by atomic mass is 10.0. The SMILES string of the molecule is CC(C)(C)OC(=O)N1CCC[C@H]1C=O.CCC/C(=N\O)C(=O)c1ccc(Br)cc1.CCCCC(=O)c1ccc(Br)cc1.CCCc1[nH]c([C@@H]2CCCN2C(=O)OC(C)(C)C)nc1-c1ccc(Br)cc1.CCCc1c(-c2ccc(Br)cc2)nc([C@@H]2CCCN2C(=O)OC(C)(C)C)n1O.CCOP(OCC)OCC. The zero-order valence-electron chi connectivity index (χ0n) is 65.3. The van der Waals surface area contributed by atoms with Crippen LogP contribution in [0.4, 0.5) is 14.4 Å². The number of hydrogen-bond donors (Lipinski definition) is 3. The quantitative estimate of drug-likeness (QED) is 0.00786. The zero-order chi connectivity index (χ0) is 79.6. The average molecular weight is 1760 g/mol. The molecule has 3 aliphatic rings. The first kappa shape index (κ1) is 93.0. The lowest BCUT2D eigenvalue weighted by molar-refractivity contribution is -0.111. The summed E-state index contributed by atoms with van der Waals surface area (Å²) >= 11 is 13.6. The van der Waals surface area contributed by atoms with Gasteiger partial charge in [0.2, 0.25) is 5.78 Å². The molecule has 0 radical (unpaired) electrons. The van der Waals surface area contributed by atoms with Gasteiger partial charge in [-0.3, -0.25) is 24.3 Å². The Balaban J connectivity index is 0.000000283. The number of ketones is 2. The predicted molar refractivity (Wildman–Crippen MR) is 437 cm³/mol. The first-order valence-electron chi connectivity index (χ1n) is 37.0. The molecule has 3 N–H and O–H groups in total. The topological polar surface area (TPSA) is 267 Å². The second-order valence-electron chi connectivity index (χ2n) is 28.4. The summed E-state index contributed by atoms with van der Waals surface area (Å²) in [6, 6.07) is 30.0. The highest BCUT2D eigenvalue weighted by Gasteiger charge is 2.39. The van der Waals surface area contributed by atoms with E-state index < -0.39 is 25.4 Å². The molecule has 3 fully saturated rings. The van der Waals surface area contributed by atoms with Crippen molar-refractivity contribution in [2.75, 3.05) is 39.5 Å². The number of aromatic nitrogens is 4. The van der Waals surface area contributed by atoms with E-state index in [0.717, 1.165) is 147 Å². The minimum atomic E-state index is -1.06. The van der Waals surface area contributed by atoms with Crippen molar-refractivity contribution in [3.8, 4) is 22.5 Å². The Morgan fingerprint density at radius 2 is 0.963 bits per heavy atom. The van der Waals surface area contributed by atoms with Crippen LogP contribution in [-0.2, 0) is 45.4 Å². The van der Waals surface area contributed by atoms with Gasteiger partial charge < -0.3 is 48.0 Å². The molecule has 3 saturated heterocycles. The van der Waals surface area contributed by atoms with Gasteiger partial charge in [-0.25, -0.2) is 24.4 Å². The van der Waals surface area contributed by atoms with Crippen LogP contribution in [0.2, 0.25) is 0 Å². The third kappa shape index (κ3) is 31.9.